The fourth-order valence-corrected chi connectivity index (χ4v) is 2.46. The van der Waals surface area contributed by atoms with Crippen molar-refractivity contribution in [3.05, 3.63) is 34.9 Å². The number of allylic oxidation sites excluding steroid dienone is 1. The number of rotatable bonds is 2. The van der Waals surface area contributed by atoms with Gasteiger partial charge in [0.2, 0.25) is 0 Å². The van der Waals surface area contributed by atoms with Crippen molar-refractivity contribution in [2.75, 3.05) is 7.11 Å². The van der Waals surface area contributed by atoms with Crippen LogP contribution in [0.15, 0.2) is 23.8 Å². The number of ether oxygens (including phenoxy) is 1. The van der Waals surface area contributed by atoms with E-state index in [1.54, 1.807) is 7.11 Å². The van der Waals surface area contributed by atoms with Crippen molar-refractivity contribution < 1.29 is 9.53 Å². The molecule has 0 unspecified atom stereocenters. The molecule has 1 aliphatic carbocycles. The maximum absolute atomic E-state index is 10.8. The van der Waals surface area contributed by atoms with Crippen LogP contribution in [0.3, 0.4) is 0 Å². The number of hydrogen-bond donors (Lipinski definition) is 0. The zero-order valence-electron chi connectivity index (χ0n) is 8.42. The maximum atomic E-state index is 10.8. The van der Waals surface area contributed by atoms with Crippen molar-refractivity contribution in [3.8, 4) is 5.75 Å². The van der Waals surface area contributed by atoms with E-state index in [9.17, 15) is 4.79 Å². The molecule has 0 radical (unpaired) electrons. The standard InChI is InChI=1S/C12H11BrO2/c1-15-10-4-5-11-8(6-10)2-3-9(7-14)12(11)13/h4-7H,2-3H2,1H3. The lowest BCUT2D eigenvalue weighted by atomic mass is 9.92. The first-order valence-corrected chi connectivity index (χ1v) is 5.56. The number of methoxy groups -OCH3 is 1. The average molecular weight is 267 g/mol. The molecule has 0 aliphatic heterocycles. The first-order chi connectivity index (χ1) is 7.26. The molecule has 0 bridgehead atoms. The van der Waals surface area contributed by atoms with Crippen molar-refractivity contribution >= 4 is 26.7 Å². The SMILES string of the molecule is COc1ccc2c(c1)CCC(C=O)=C2Br. The van der Waals surface area contributed by atoms with E-state index in [0.29, 0.717) is 0 Å². The third-order valence-corrected chi connectivity index (χ3v) is 3.57. The summed E-state index contributed by atoms with van der Waals surface area (Å²) < 4.78 is 6.09. The summed E-state index contributed by atoms with van der Waals surface area (Å²) in [5.74, 6) is 0.864. The van der Waals surface area contributed by atoms with E-state index >= 15 is 0 Å². The fraction of sp³-hybridized carbons (Fsp3) is 0.250. The van der Waals surface area contributed by atoms with Gasteiger partial charge in [-0.1, -0.05) is 0 Å². The number of aldehydes is 1. The Bertz CT molecular complexity index is 435. The Kier molecular flexibility index (Phi) is 2.91. The lowest BCUT2D eigenvalue weighted by Gasteiger charge is -2.17. The zero-order valence-corrected chi connectivity index (χ0v) is 10.0. The molecule has 15 heavy (non-hydrogen) atoms. The van der Waals surface area contributed by atoms with Gasteiger partial charge in [0.25, 0.3) is 0 Å². The van der Waals surface area contributed by atoms with Crippen LogP contribution in [0.25, 0.3) is 4.48 Å². The van der Waals surface area contributed by atoms with Crippen LogP contribution in [-0.2, 0) is 11.2 Å². The summed E-state index contributed by atoms with van der Waals surface area (Å²) in [5.41, 5.74) is 3.17. The summed E-state index contributed by atoms with van der Waals surface area (Å²) in [6.07, 6.45) is 2.62. The number of carbonyl (C=O) groups excluding carboxylic acids is 1. The van der Waals surface area contributed by atoms with Crippen molar-refractivity contribution in [3.63, 3.8) is 0 Å². The minimum atomic E-state index is 0.796. The minimum Gasteiger partial charge on any atom is -0.497 e. The second-order valence-electron chi connectivity index (χ2n) is 3.48. The number of benzene rings is 1. The Balaban J connectivity index is 2.51. The molecule has 0 aromatic heterocycles. The normalized spacial score (nSPS) is 14.8. The summed E-state index contributed by atoms with van der Waals surface area (Å²) in [6, 6.07) is 5.92. The van der Waals surface area contributed by atoms with Gasteiger partial charge in [-0.05, 0) is 58.1 Å². The van der Waals surface area contributed by atoms with Crippen LogP contribution in [-0.4, -0.2) is 13.4 Å². The highest BCUT2D eigenvalue weighted by molar-refractivity contribution is 9.15. The van der Waals surface area contributed by atoms with Crippen molar-refractivity contribution in [1.82, 2.24) is 0 Å². The largest absolute Gasteiger partial charge is 0.497 e. The number of fused-ring (bicyclic) bond motifs is 1. The van der Waals surface area contributed by atoms with E-state index < -0.39 is 0 Å². The van der Waals surface area contributed by atoms with Crippen molar-refractivity contribution in [1.29, 1.82) is 0 Å². The predicted octanol–water partition coefficient (Wildman–Crippen LogP) is 2.95. The molecular weight excluding hydrogens is 256 g/mol. The number of hydrogen-bond acceptors (Lipinski definition) is 2. The smallest absolute Gasteiger partial charge is 0.147 e. The molecule has 2 rings (SSSR count). The van der Waals surface area contributed by atoms with Gasteiger partial charge in [-0.3, -0.25) is 4.79 Å². The lowest BCUT2D eigenvalue weighted by Crippen LogP contribution is -2.03. The number of aryl methyl sites for hydroxylation is 1. The second-order valence-corrected chi connectivity index (χ2v) is 4.27. The Labute approximate surface area is 97.1 Å². The molecule has 1 aromatic rings. The van der Waals surface area contributed by atoms with Gasteiger partial charge in [-0.15, -0.1) is 0 Å². The van der Waals surface area contributed by atoms with Crippen molar-refractivity contribution in [2.45, 2.75) is 12.8 Å². The third kappa shape index (κ3) is 1.84. The van der Waals surface area contributed by atoms with E-state index in [2.05, 4.69) is 15.9 Å². The topological polar surface area (TPSA) is 26.3 Å². The van der Waals surface area contributed by atoms with Gasteiger partial charge < -0.3 is 4.74 Å². The Morgan fingerprint density at radius 3 is 2.87 bits per heavy atom. The Hall–Kier alpha value is -1.09. The van der Waals surface area contributed by atoms with Crippen molar-refractivity contribution in [2.24, 2.45) is 0 Å². The summed E-state index contributed by atoms with van der Waals surface area (Å²) in [5, 5.41) is 0. The van der Waals surface area contributed by atoms with Gasteiger partial charge in [-0.2, -0.15) is 0 Å². The Morgan fingerprint density at radius 2 is 2.20 bits per heavy atom. The minimum absolute atomic E-state index is 0.796. The molecule has 1 aliphatic rings. The predicted molar refractivity (Wildman–Crippen MR) is 63.2 cm³/mol. The first kappa shape index (κ1) is 10.4. The average Bonchev–Trinajstić information content (AvgIpc) is 2.29. The van der Waals surface area contributed by atoms with E-state index in [1.807, 2.05) is 18.2 Å². The zero-order chi connectivity index (χ0) is 10.8. The van der Waals surface area contributed by atoms with E-state index in [4.69, 9.17) is 4.74 Å². The molecule has 0 heterocycles. The van der Waals surface area contributed by atoms with Gasteiger partial charge in [-0.25, -0.2) is 0 Å². The molecule has 0 saturated heterocycles. The molecule has 0 amide bonds. The molecule has 0 spiro atoms. The van der Waals surface area contributed by atoms with Crippen LogP contribution < -0.4 is 4.74 Å². The van der Waals surface area contributed by atoms with E-state index in [1.165, 1.54) is 5.56 Å². The molecule has 2 nitrogen and oxygen atoms in total. The number of carbonyl (C=O) groups is 1. The molecule has 0 atom stereocenters. The van der Waals surface area contributed by atoms with Crippen LogP contribution in [0.1, 0.15) is 17.5 Å². The van der Waals surface area contributed by atoms with Gasteiger partial charge >= 0.3 is 0 Å². The highest BCUT2D eigenvalue weighted by Gasteiger charge is 2.16. The molecule has 0 saturated carbocycles. The van der Waals surface area contributed by atoms with Crippen LogP contribution in [0.5, 0.6) is 5.75 Å². The summed E-state index contributed by atoms with van der Waals surface area (Å²) >= 11 is 3.47. The highest BCUT2D eigenvalue weighted by atomic mass is 79.9. The van der Waals surface area contributed by atoms with Crippen LogP contribution in [0, 0.1) is 0 Å². The molecule has 0 fully saturated rings. The van der Waals surface area contributed by atoms with Crippen LogP contribution in [0.2, 0.25) is 0 Å². The van der Waals surface area contributed by atoms with Gasteiger partial charge in [0, 0.05) is 10.1 Å². The highest BCUT2D eigenvalue weighted by Crippen LogP contribution is 2.36. The van der Waals surface area contributed by atoms with Gasteiger partial charge in [0.15, 0.2) is 0 Å². The molecule has 3 heteroatoms. The van der Waals surface area contributed by atoms with Gasteiger partial charge in [0.05, 0.1) is 7.11 Å². The molecule has 0 N–H and O–H groups in total. The lowest BCUT2D eigenvalue weighted by molar-refractivity contribution is -0.105. The third-order valence-electron chi connectivity index (χ3n) is 2.64. The summed E-state index contributed by atoms with van der Waals surface area (Å²) in [6.45, 7) is 0. The second kappa shape index (κ2) is 4.19. The summed E-state index contributed by atoms with van der Waals surface area (Å²) in [4.78, 5) is 10.8. The Morgan fingerprint density at radius 1 is 1.40 bits per heavy atom. The quantitative estimate of drug-likeness (QED) is 0.770. The monoisotopic (exact) mass is 266 g/mol. The molecule has 78 valence electrons. The number of halogens is 1. The van der Waals surface area contributed by atoms with E-state index in [-0.39, 0.29) is 0 Å². The molecular formula is C12H11BrO2. The fourth-order valence-electron chi connectivity index (χ4n) is 1.78. The summed E-state index contributed by atoms with van der Waals surface area (Å²) in [7, 11) is 1.66. The van der Waals surface area contributed by atoms with Crippen LogP contribution >= 0.6 is 15.9 Å². The van der Waals surface area contributed by atoms with Crippen LogP contribution in [0.4, 0.5) is 0 Å². The van der Waals surface area contributed by atoms with E-state index in [0.717, 1.165) is 40.5 Å². The maximum Gasteiger partial charge on any atom is 0.147 e. The van der Waals surface area contributed by atoms with Gasteiger partial charge in [0.1, 0.15) is 12.0 Å². The molecule has 1 aromatic carbocycles. The first-order valence-electron chi connectivity index (χ1n) is 4.77.